The minimum absolute atomic E-state index is 0.0807. The molecule has 2 aromatic rings. The van der Waals surface area contributed by atoms with Crippen molar-refractivity contribution in [3.8, 4) is 17.9 Å². The van der Waals surface area contributed by atoms with Gasteiger partial charge in [0, 0.05) is 20.2 Å². The maximum atomic E-state index is 12.3. The quantitative estimate of drug-likeness (QED) is 0.519. The molecule has 1 N–H and O–H groups in total. The summed E-state index contributed by atoms with van der Waals surface area (Å²) in [6.07, 6.45) is 1.42. The molecule has 0 aliphatic carbocycles. The Labute approximate surface area is 161 Å². The van der Waals surface area contributed by atoms with Gasteiger partial charge in [-0.05, 0) is 48.5 Å². The monoisotopic (exact) mass is 459 g/mol. The zero-order valence-electron chi connectivity index (χ0n) is 12.8. The first kappa shape index (κ1) is 18.7. The van der Waals surface area contributed by atoms with Crippen molar-refractivity contribution in [1.82, 2.24) is 0 Å². The van der Waals surface area contributed by atoms with E-state index < -0.39 is 5.91 Å². The summed E-state index contributed by atoms with van der Waals surface area (Å²) in [4.78, 5) is 12.3. The number of benzene rings is 2. The van der Waals surface area contributed by atoms with Crippen molar-refractivity contribution < 1.29 is 9.53 Å². The van der Waals surface area contributed by atoms with Crippen LogP contribution in [0.15, 0.2) is 57.0 Å². The highest BCUT2D eigenvalue weighted by Crippen LogP contribution is 2.26. The molecular formula is C18H11Br2N3O2. The fourth-order valence-electron chi connectivity index (χ4n) is 1.91. The molecule has 25 heavy (non-hydrogen) atoms. The van der Waals surface area contributed by atoms with E-state index >= 15 is 0 Å². The van der Waals surface area contributed by atoms with Gasteiger partial charge in [-0.2, -0.15) is 10.5 Å². The molecule has 2 rings (SSSR count). The van der Waals surface area contributed by atoms with Gasteiger partial charge < -0.3 is 10.1 Å². The highest BCUT2D eigenvalue weighted by Gasteiger charge is 2.12. The normalized spacial score (nSPS) is 10.5. The summed E-state index contributed by atoms with van der Waals surface area (Å²) < 4.78 is 6.97. The minimum Gasteiger partial charge on any atom is -0.478 e. The van der Waals surface area contributed by atoms with Crippen molar-refractivity contribution in [3.63, 3.8) is 0 Å². The molecule has 0 aliphatic heterocycles. The summed E-state index contributed by atoms with van der Waals surface area (Å²) >= 11 is 6.65. The minimum atomic E-state index is -0.531. The standard InChI is InChI=1S/C18H11Br2N3O2/c19-14-1-4-16(5-2-14)23-18(24)13(11-22)9-12-10-15(20)3-6-17(12)25-8-7-21/h1-6,9-10H,8H2,(H,23,24)/b13-9+. The largest absolute Gasteiger partial charge is 0.478 e. The number of nitriles is 2. The van der Waals surface area contributed by atoms with E-state index in [4.69, 9.17) is 10.00 Å². The van der Waals surface area contributed by atoms with Gasteiger partial charge in [0.05, 0.1) is 0 Å². The number of carbonyl (C=O) groups excluding carboxylic acids is 1. The zero-order valence-corrected chi connectivity index (χ0v) is 16.0. The van der Waals surface area contributed by atoms with Gasteiger partial charge in [-0.3, -0.25) is 4.79 Å². The predicted octanol–water partition coefficient (Wildman–Crippen LogP) is 4.66. The van der Waals surface area contributed by atoms with Crippen LogP contribution >= 0.6 is 31.9 Å². The Balaban J connectivity index is 2.29. The van der Waals surface area contributed by atoms with Crippen molar-refractivity contribution in [3.05, 3.63) is 62.5 Å². The van der Waals surface area contributed by atoms with E-state index in [9.17, 15) is 10.1 Å². The van der Waals surface area contributed by atoms with Crippen LogP contribution in [0.25, 0.3) is 6.08 Å². The molecule has 0 heterocycles. The summed E-state index contributed by atoms with van der Waals surface area (Å²) in [5.41, 5.74) is 1.01. The Bertz CT molecular complexity index is 894. The molecule has 5 nitrogen and oxygen atoms in total. The fourth-order valence-corrected chi connectivity index (χ4v) is 2.55. The number of hydrogen-bond acceptors (Lipinski definition) is 4. The second kappa shape index (κ2) is 9.03. The molecule has 0 atom stereocenters. The van der Waals surface area contributed by atoms with Crippen LogP contribution in [-0.2, 0) is 4.79 Å². The molecule has 2 aromatic carbocycles. The fraction of sp³-hybridized carbons (Fsp3) is 0.0556. The van der Waals surface area contributed by atoms with Crippen LogP contribution < -0.4 is 10.1 Å². The van der Waals surface area contributed by atoms with E-state index in [1.165, 1.54) is 6.08 Å². The van der Waals surface area contributed by atoms with Crippen LogP contribution in [0.2, 0.25) is 0 Å². The Kier molecular flexibility index (Phi) is 6.76. The number of nitrogens with one attached hydrogen (secondary N) is 1. The number of hydrogen-bond donors (Lipinski definition) is 1. The number of ether oxygens (including phenoxy) is 1. The topological polar surface area (TPSA) is 85.9 Å². The van der Waals surface area contributed by atoms with E-state index in [-0.39, 0.29) is 12.2 Å². The van der Waals surface area contributed by atoms with E-state index in [0.717, 1.165) is 8.95 Å². The van der Waals surface area contributed by atoms with Crippen LogP contribution in [0.1, 0.15) is 5.56 Å². The molecule has 0 spiro atoms. The summed E-state index contributed by atoms with van der Waals surface area (Å²) in [6.45, 7) is -0.130. The van der Waals surface area contributed by atoms with E-state index in [0.29, 0.717) is 17.0 Å². The number of halogens is 2. The Hall–Kier alpha value is -2.61. The molecule has 0 radical (unpaired) electrons. The summed E-state index contributed by atoms with van der Waals surface area (Å²) in [6, 6.07) is 15.9. The average molecular weight is 461 g/mol. The predicted molar refractivity (Wildman–Crippen MR) is 102 cm³/mol. The van der Waals surface area contributed by atoms with Crippen molar-refractivity contribution in [2.24, 2.45) is 0 Å². The van der Waals surface area contributed by atoms with Gasteiger partial charge in [0.25, 0.3) is 5.91 Å². The van der Waals surface area contributed by atoms with Gasteiger partial charge in [0.2, 0.25) is 0 Å². The molecule has 7 heteroatoms. The first-order valence-electron chi connectivity index (χ1n) is 7.01. The van der Waals surface area contributed by atoms with E-state index in [1.807, 2.05) is 12.1 Å². The lowest BCUT2D eigenvalue weighted by atomic mass is 10.1. The van der Waals surface area contributed by atoms with Crippen LogP contribution in [-0.4, -0.2) is 12.5 Å². The molecule has 0 aromatic heterocycles. The van der Waals surface area contributed by atoms with Crippen molar-refractivity contribution in [2.75, 3.05) is 11.9 Å². The van der Waals surface area contributed by atoms with Crippen molar-refractivity contribution in [2.45, 2.75) is 0 Å². The molecule has 1 amide bonds. The van der Waals surface area contributed by atoms with Gasteiger partial charge in [-0.1, -0.05) is 31.9 Å². The second-order valence-corrected chi connectivity index (χ2v) is 6.59. The zero-order chi connectivity index (χ0) is 18.2. The smallest absolute Gasteiger partial charge is 0.266 e. The van der Waals surface area contributed by atoms with Gasteiger partial charge in [-0.15, -0.1) is 0 Å². The summed E-state index contributed by atoms with van der Waals surface area (Å²) in [7, 11) is 0. The third-order valence-corrected chi connectivity index (χ3v) is 4.05. The molecule has 0 fully saturated rings. The lowest BCUT2D eigenvalue weighted by molar-refractivity contribution is -0.112. The average Bonchev–Trinajstić information content (AvgIpc) is 2.60. The van der Waals surface area contributed by atoms with Crippen LogP contribution in [0, 0.1) is 22.7 Å². The van der Waals surface area contributed by atoms with Crippen LogP contribution in [0.5, 0.6) is 5.75 Å². The van der Waals surface area contributed by atoms with Gasteiger partial charge in [0.15, 0.2) is 6.61 Å². The molecule has 0 saturated carbocycles. The van der Waals surface area contributed by atoms with Gasteiger partial charge in [0.1, 0.15) is 23.5 Å². The maximum Gasteiger partial charge on any atom is 0.266 e. The van der Waals surface area contributed by atoms with Gasteiger partial charge >= 0.3 is 0 Å². The van der Waals surface area contributed by atoms with Gasteiger partial charge in [-0.25, -0.2) is 0 Å². The Morgan fingerprint density at radius 2 is 1.80 bits per heavy atom. The SMILES string of the molecule is N#CCOc1ccc(Br)cc1/C=C(\C#N)C(=O)Nc1ccc(Br)cc1. The second-order valence-electron chi connectivity index (χ2n) is 4.76. The van der Waals surface area contributed by atoms with Crippen LogP contribution in [0.3, 0.4) is 0 Å². The lowest BCUT2D eigenvalue weighted by Gasteiger charge is -2.08. The van der Waals surface area contributed by atoms with E-state index in [2.05, 4.69) is 37.2 Å². The number of rotatable bonds is 5. The molecule has 124 valence electrons. The molecule has 0 aliphatic rings. The number of nitrogens with zero attached hydrogens (tertiary/aromatic N) is 2. The first-order valence-corrected chi connectivity index (χ1v) is 8.60. The summed E-state index contributed by atoms with van der Waals surface area (Å²) in [5.74, 6) is -0.120. The van der Waals surface area contributed by atoms with Crippen molar-refractivity contribution in [1.29, 1.82) is 10.5 Å². The highest BCUT2D eigenvalue weighted by molar-refractivity contribution is 9.10. The third kappa shape index (κ3) is 5.46. The Morgan fingerprint density at radius 3 is 2.44 bits per heavy atom. The maximum absolute atomic E-state index is 12.3. The molecule has 0 saturated heterocycles. The molecule has 0 unspecified atom stereocenters. The lowest BCUT2D eigenvalue weighted by Crippen LogP contribution is -2.13. The first-order chi connectivity index (χ1) is 12.0. The number of anilines is 1. The number of amides is 1. The highest BCUT2D eigenvalue weighted by atomic mass is 79.9. The molecule has 0 bridgehead atoms. The van der Waals surface area contributed by atoms with Crippen molar-refractivity contribution >= 4 is 49.5 Å². The van der Waals surface area contributed by atoms with Crippen LogP contribution in [0.4, 0.5) is 5.69 Å². The summed E-state index contributed by atoms with van der Waals surface area (Å²) in [5, 5.41) is 20.6. The third-order valence-electron chi connectivity index (χ3n) is 3.03. The van der Waals surface area contributed by atoms with E-state index in [1.54, 1.807) is 42.5 Å². The Morgan fingerprint density at radius 1 is 1.12 bits per heavy atom. The molecular weight excluding hydrogens is 450 g/mol. The number of carbonyl (C=O) groups is 1.